The van der Waals surface area contributed by atoms with Crippen molar-refractivity contribution in [3.8, 4) is 22.4 Å². The quantitative estimate of drug-likeness (QED) is 0.413. The van der Waals surface area contributed by atoms with E-state index in [4.69, 9.17) is 5.73 Å². The molecule has 0 saturated heterocycles. The number of primary amides is 1. The summed E-state index contributed by atoms with van der Waals surface area (Å²) in [6.07, 6.45) is 10.3. The first-order valence-corrected chi connectivity index (χ1v) is 9.03. The third-order valence-corrected chi connectivity index (χ3v) is 4.77. The van der Waals surface area contributed by atoms with Crippen LogP contribution in [0.1, 0.15) is 5.69 Å². The topological polar surface area (TPSA) is 113 Å². The van der Waals surface area contributed by atoms with Crippen molar-refractivity contribution in [2.45, 2.75) is 0 Å². The van der Waals surface area contributed by atoms with Crippen LogP contribution in [0.5, 0.6) is 0 Å². The summed E-state index contributed by atoms with van der Waals surface area (Å²) in [6.45, 7) is 0. The normalized spacial score (nSPS) is 11.6. The lowest BCUT2D eigenvalue weighted by Crippen LogP contribution is -2.05. The Bertz CT molecular complexity index is 1400. The minimum Gasteiger partial charge on any atom is -0.366 e. The Balaban J connectivity index is 1.63. The second-order valence-corrected chi connectivity index (χ2v) is 6.60. The molecule has 0 bridgehead atoms. The molecule has 7 heteroatoms. The van der Waals surface area contributed by atoms with Crippen LogP contribution in [0.2, 0.25) is 0 Å². The Morgan fingerprint density at radius 1 is 1.00 bits per heavy atom. The molecule has 4 N–H and O–H groups in total. The summed E-state index contributed by atoms with van der Waals surface area (Å²) in [5, 5.41) is 2.05. The van der Waals surface area contributed by atoms with E-state index in [0.717, 1.165) is 44.5 Å². The van der Waals surface area contributed by atoms with E-state index in [9.17, 15) is 4.79 Å². The predicted molar refractivity (Wildman–Crippen MR) is 113 cm³/mol. The highest BCUT2D eigenvalue weighted by Gasteiger charge is 2.13. The first-order chi connectivity index (χ1) is 14.2. The van der Waals surface area contributed by atoms with Crippen LogP contribution in [0.25, 0.3) is 50.5 Å². The number of rotatable bonds is 4. The number of pyridine rings is 3. The van der Waals surface area contributed by atoms with Gasteiger partial charge in [0.15, 0.2) is 0 Å². The molecule has 5 heterocycles. The van der Waals surface area contributed by atoms with Crippen LogP contribution in [0.15, 0.2) is 67.3 Å². The average molecular weight is 380 g/mol. The van der Waals surface area contributed by atoms with Gasteiger partial charge in [-0.15, -0.1) is 0 Å². The van der Waals surface area contributed by atoms with Gasteiger partial charge in [0.25, 0.3) is 0 Å². The van der Waals surface area contributed by atoms with E-state index < -0.39 is 5.91 Å². The average Bonchev–Trinajstić information content (AvgIpc) is 3.38. The molecule has 0 saturated carbocycles. The van der Waals surface area contributed by atoms with Gasteiger partial charge >= 0.3 is 0 Å². The SMILES string of the molecule is NC(=O)C=Cc1cccc(-c2cnc3[nH]cc(-c4ccnc5[nH]ccc45)c3c2)n1. The van der Waals surface area contributed by atoms with Gasteiger partial charge in [-0.1, -0.05) is 6.07 Å². The van der Waals surface area contributed by atoms with Crippen LogP contribution in [0.3, 0.4) is 0 Å². The molecule has 0 fully saturated rings. The molecule has 5 aromatic heterocycles. The maximum absolute atomic E-state index is 11.0. The van der Waals surface area contributed by atoms with E-state index in [2.05, 4.69) is 31.0 Å². The van der Waals surface area contributed by atoms with Crippen LogP contribution in [-0.2, 0) is 4.79 Å². The first-order valence-electron chi connectivity index (χ1n) is 9.03. The van der Waals surface area contributed by atoms with E-state index >= 15 is 0 Å². The van der Waals surface area contributed by atoms with Crippen molar-refractivity contribution in [2.24, 2.45) is 5.73 Å². The number of carbonyl (C=O) groups is 1. The Morgan fingerprint density at radius 3 is 2.79 bits per heavy atom. The zero-order valence-electron chi connectivity index (χ0n) is 15.3. The molecule has 1 amide bonds. The number of amides is 1. The Labute approximate surface area is 165 Å². The van der Waals surface area contributed by atoms with Gasteiger partial charge in [0.2, 0.25) is 5.91 Å². The third-order valence-electron chi connectivity index (χ3n) is 4.77. The van der Waals surface area contributed by atoms with Crippen molar-refractivity contribution in [3.63, 3.8) is 0 Å². The van der Waals surface area contributed by atoms with E-state index in [1.807, 2.05) is 42.7 Å². The van der Waals surface area contributed by atoms with Crippen molar-refractivity contribution < 1.29 is 4.79 Å². The summed E-state index contributed by atoms with van der Waals surface area (Å²) in [4.78, 5) is 30.9. The van der Waals surface area contributed by atoms with Gasteiger partial charge in [-0.3, -0.25) is 4.79 Å². The molecule has 0 aliphatic heterocycles. The highest BCUT2D eigenvalue weighted by Crippen LogP contribution is 2.34. The summed E-state index contributed by atoms with van der Waals surface area (Å²) in [7, 11) is 0. The number of hydrogen-bond donors (Lipinski definition) is 3. The van der Waals surface area contributed by atoms with E-state index in [-0.39, 0.29) is 0 Å². The lowest BCUT2D eigenvalue weighted by molar-refractivity contribution is -0.113. The van der Waals surface area contributed by atoms with Gasteiger partial charge in [-0.25, -0.2) is 15.0 Å². The van der Waals surface area contributed by atoms with Crippen LogP contribution < -0.4 is 5.73 Å². The largest absolute Gasteiger partial charge is 0.366 e. The third kappa shape index (κ3) is 3.04. The van der Waals surface area contributed by atoms with Gasteiger partial charge in [0, 0.05) is 52.8 Å². The second kappa shape index (κ2) is 6.72. The van der Waals surface area contributed by atoms with Crippen molar-refractivity contribution in [2.75, 3.05) is 0 Å². The lowest BCUT2D eigenvalue weighted by Gasteiger charge is -2.05. The fraction of sp³-hybridized carbons (Fsp3) is 0. The van der Waals surface area contributed by atoms with Gasteiger partial charge in [0.1, 0.15) is 11.3 Å². The minimum atomic E-state index is -0.509. The molecule has 0 aliphatic rings. The summed E-state index contributed by atoms with van der Waals surface area (Å²) in [5.41, 5.74) is 11.2. The Kier molecular flexibility index (Phi) is 3.91. The molecule has 0 atom stereocenters. The molecule has 5 rings (SSSR count). The number of aromatic amines is 2. The number of aromatic nitrogens is 5. The minimum absolute atomic E-state index is 0.509. The van der Waals surface area contributed by atoms with Gasteiger partial charge in [0.05, 0.1) is 11.4 Å². The van der Waals surface area contributed by atoms with Crippen LogP contribution >= 0.6 is 0 Å². The fourth-order valence-corrected chi connectivity index (χ4v) is 3.43. The number of nitrogens with zero attached hydrogens (tertiary/aromatic N) is 3. The van der Waals surface area contributed by atoms with Gasteiger partial charge in [-0.05, 0) is 42.0 Å². The van der Waals surface area contributed by atoms with Crippen molar-refractivity contribution >= 4 is 34.1 Å². The highest BCUT2D eigenvalue weighted by molar-refractivity contribution is 6.03. The summed E-state index contributed by atoms with van der Waals surface area (Å²) < 4.78 is 0. The maximum Gasteiger partial charge on any atom is 0.241 e. The summed E-state index contributed by atoms with van der Waals surface area (Å²) in [6, 6.07) is 11.7. The molecule has 0 aliphatic carbocycles. The number of fused-ring (bicyclic) bond motifs is 2. The predicted octanol–water partition coefficient (Wildman–Crippen LogP) is 3.67. The lowest BCUT2D eigenvalue weighted by atomic mass is 10.0. The number of hydrogen-bond acceptors (Lipinski definition) is 4. The van der Waals surface area contributed by atoms with Crippen LogP contribution in [-0.4, -0.2) is 30.8 Å². The number of nitrogens with two attached hydrogens (primary N) is 1. The number of H-pyrrole nitrogens is 2. The number of nitrogens with one attached hydrogen (secondary N) is 2. The van der Waals surface area contributed by atoms with E-state index in [1.54, 1.807) is 18.5 Å². The van der Waals surface area contributed by atoms with Crippen LogP contribution in [0.4, 0.5) is 0 Å². The fourth-order valence-electron chi connectivity index (χ4n) is 3.43. The molecule has 0 aromatic carbocycles. The van der Waals surface area contributed by atoms with Crippen molar-refractivity contribution in [3.05, 3.63) is 73.0 Å². The molecule has 140 valence electrons. The molecule has 29 heavy (non-hydrogen) atoms. The first kappa shape index (κ1) is 16.9. The molecule has 5 aromatic rings. The Hall–Kier alpha value is -4.26. The molecule has 0 spiro atoms. The Morgan fingerprint density at radius 2 is 1.90 bits per heavy atom. The molecular weight excluding hydrogens is 364 g/mol. The highest BCUT2D eigenvalue weighted by atomic mass is 16.1. The maximum atomic E-state index is 11.0. The van der Waals surface area contributed by atoms with Gasteiger partial charge < -0.3 is 15.7 Å². The zero-order chi connectivity index (χ0) is 19.8. The number of carbonyl (C=O) groups excluding carboxylic acids is 1. The summed E-state index contributed by atoms with van der Waals surface area (Å²) in [5.74, 6) is -0.509. The second-order valence-electron chi connectivity index (χ2n) is 6.60. The van der Waals surface area contributed by atoms with Crippen molar-refractivity contribution in [1.82, 2.24) is 24.9 Å². The van der Waals surface area contributed by atoms with E-state index in [1.165, 1.54) is 6.08 Å². The van der Waals surface area contributed by atoms with Gasteiger partial charge in [-0.2, -0.15) is 0 Å². The molecule has 7 nitrogen and oxygen atoms in total. The smallest absolute Gasteiger partial charge is 0.241 e. The van der Waals surface area contributed by atoms with Crippen LogP contribution in [0, 0.1) is 0 Å². The molecular formula is C22H16N6O. The molecule has 0 unspecified atom stereocenters. The molecule has 0 radical (unpaired) electrons. The standard InChI is InChI=1S/C22H16N6O/c23-20(29)5-4-14-2-1-3-19(28-14)13-10-17-18(12-27-22(17)26-11-13)15-6-8-24-21-16(15)7-9-25-21/h1-12H,(H2,23,29)(H,24,25)(H,26,27). The summed E-state index contributed by atoms with van der Waals surface area (Å²) >= 11 is 0. The van der Waals surface area contributed by atoms with Crippen molar-refractivity contribution in [1.29, 1.82) is 0 Å². The monoisotopic (exact) mass is 380 g/mol. The van der Waals surface area contributed by atoms with E-state index in [0.29, 0.717) is 5.69 Å². The zero-order valence-corrected chi connectivity index (χ0v) is 15.3.